The molecule has 7 nitrogen and oxygen atoms in total. The number of benzene rings is 2. The van der Waals surface area contributed by atoms with Crippen LogP contribution in [0.25, 0.3) is 11.0 Å². The van der Waals surface area contributed by atoms with E-state index in [4.69, 9.17) is 16.3 Å². The summed E-state index contributed by atoms with van der Waals surface area (Å²) in [5, 5.41) is 3.48. The van der Waals surface area contributed by atoms with Crippen LogP contribution in [0.1, 0.15) is 0 Å². The summed E-state index contributed by atoms with van der Waals surface area (Å²) in [7, 11) is -1.81. The van der Waals surface area contributed by atoms with E-state index in [1.807, 2.05) is 12.1 Å². The minimum Gasteiger partial charge on any atom is -0.497 e. The van der Waals surface area contributed by atoms with Crippen molar-refractivity contribution in [1.82, 2.24) is 9.97 Å². The van der Waals surface area contributed by atoms with Crippen LogP contribution in [0.3, 0.4) is 0 Å². The zero-order valence-corrected chi connectivity index (χ0v) is 16.8. The van der Waals surface area contributed by atoms with Gasteiger partial charge in [0.2, 0.25) is 5.91 Å². The quantitative estimate of drug-likeness (QED) is 0.587. The Kier molecular flexibility index (Phi) is 5.64. The number of anilines is 1. The SMILES string of the molecule is COc1ccc2nc(SCC(=O)Nc3cc(S(C)(=O)=O)ccc3Cl)[nH]c2c1. The molecular weight excluding hydrogens is 410 g/mol. The maximum absolute atomic E-state index is 12.2. The van der Waals surface area contributed by atoms with E-state index in [1.54, 1.807) is 13.2 Å². The zero-order chi connectivity index (χ0) is 19.6. The van der Waals surface area contributed by atoms with Gasteiger partial charge in [-0.25, -0.2) is 13.4 Å². The molecule has 27 heavy (non-hydrogen) atoms. The molecule has 0 aliphatic carbocycles. The maximum atomic E-state index is 12.2. The highest BCUT2D eigenvalue weighted by Crippen LogP contribution is 2.26. The summed E-state index contributed by atoms with van der Waals surface area (Å²) >= 11 is 7.26. The van der Waals surface area contributed by atoms with Crippen molar-refractivity contribution in [3.05, 3.63) is 41.4 Å². The van der Waals surface area contributed by atoms with Gasteiger partial charge in [0.05, 0.1) is 39.5 Å². The minimum atomic E-state index is -3.39. The molecule has 0 unspecified atom stereocenters. The summed E-state index contributed by atoms with van der Waals surface area (Å²) in [4.78, 5) is 19.8. The molecule has 0 saturated heterocycles. The van der Waals surface area contributed by atoms with Gasteiger partial charge in [-0.1, -0.05) is 23.4 Å². The number of H-pyrrole nitrogens is 1. The molecular formula is C17H16ClN3O4S2. The molecule has 1 heterocycles. The van der Waals surface area contributed by atoms with Crippen LogP contribution in [0.2, 0.25) is 5.02 Å². The number of aromatic nitrogens is 2. The van der Waals surface area contributed by atoms with Crippen molar-refractivity contribution in [2.45, 2.75) is 10.1 Å². The molecule has 0 atom stereocenters. The summed E-state index contributed by atoms with van der Waals surface area (Å²) in [6, 6.07) is 9.63. The molecule has 142 valence electrons. The molecule has 1 amide bonds. The van der Waals surface area contributed by atoms with Crippen LogP contribution >= 0.6 is 23.4 Å². The van der Waals surface area contributed by atoms with Crippen molar-refractivity contribution < 1.29 is 17.9 Å². The maximum Gasteiger partial charge on any atom is 0.234 e. The molecule has 0 spiro atoms. The van der Waals surface area contributed by atoms with Gasteiger partial charge in [0.1, 0.15) is 5.75 Å². The lowest BCUT2D eigenvalue weighted by Gasteiger charge is -2.08. The molecule has 0 fully saturated rings. The number of imidazole rings is 1. The molecule has 0 aliphatic rings. The highest BCUT2D eigenvalue weighted by molar-refractivity contribution is 7.99. The fraction of sp³-hybridized carbons (Fsp3) is 0.176. The number of nitrogens with zero attached hydrogens (tertiary/aromatic N) is 1. The fourth-order valence-electron chi connectivity index (χ4n) is 2.31. The van der Waals surface area contributed by atoms with E-state index in [-0.39, 0.29) is 27.3 Å². The number of carbonyl (C=O) groups is 1. The Balaban J connectivity index is 1.68. The number of rotatable bonds is 6. The lowest BCUT2D eigenvalue weighted by molar-refractivity contribution is -0.113. The van der Waals surface area contributed by atoms with E-state index < -0.39 is 9.84 Å². The van der Waals surface area contributed by atoms with E-state index in [0.29, 0.717) is 10.9 Å². The monoisotopic (exact) mass is 425 g/mol. The van der Waals surface area contributed by atoms with Gasteiger partial charge in [0.25, 0.3) is 0 Å². The lowest BCUT2D eigenvalue weighted by Crippen LogP contribution is -2.15. The zero-order valence-electron chi connectivity index (χ0n) is 14.4. The number of fused-ring (bicyclic) bond motifs is 1. The van der Waals surface area contributed by atoms with E-state index in [0.717, 1.165) is 17.3 Å². The van der Waals surface area contributed by atoms with E-state index in [2.05, 4.69) is 15.3 Å². The Morgan fingerprint density at radius 3 is 2.78 bits per heavy atom. The first kappa shape index (κ1) is 19.5. The molecule has 0 saturated carbocycles. The van der Waals surface area contributed by atoms with Crippen molar-refractivity contribution >= 4 is 55.8 Å². The van der Waals surface area contributed by atoms with Gasteiger partial charge in [-0.3, -0.25) is 4.79 Å². The number of nitrogens with one attached hydrogen (secondary N) is 2. The van der Waals surface area contributed by atoms with Gasteiger partial charge in [0.15, 0.2) is 15.0 Å². The van der Waals surface area contributed by atoms with Crippen LogP contribution in [0, 0.1) is 0 Å². The van der Waals surface area contributed by atoms with Crippen molar-refractivity contribution in [2.24, 2.45) is 0 Å². The normalized spacial score (nSPS) is 11.5. The van der Waals surface area contributed by atoms with Crippen LogP contribution in [0.5, 0.6) is 5.75 Å². The predicted octanol–water partition coefficient (Wildman–Crippen LogP) is 3.36. The number of thioether (sulfide) groups is 1. The Labute approximate surface area is 165 Å². The first-order chi connectivity index (χ1) is 12.8. The topological polar surface area (TPSA) is 101 Å². The number of amides is 1. The second-order valence-corrected chi connectivity index (χ2v) is 9.06. The van der Waals surface area contributed by atoms with Gasteiger partial charge in [-0.05, 0) is 30.3 Å². The third kappa shape index (κ3) is 4.74. The molecule has 3 aromatic rings. The Bertz CT molecular complexity index is 1110. The summed E-state index contributed by atoms with van der Waals surface area (Å²) in [6.45, 7) is 0. The summed E-state index contributed by atoms with van der Waals surface area (Å²) in [5.41, 5.74) is 1.82. The molecule has 2 N–H and O–H groups in total. The highest BCUT2D eigenvalue weighted by Gasteiger charge is 2.13. The standard InChI is InChI=1S/C17H16ClN3O4S2/c1-25-10-3-6-13-15(7-10)21-17(20-13)26-9-16(22)19-14-8-11(27(2,23)24)4-5-12(14)18/h3-8H,9H2,1-2H3,(H,19,22)(H,20,21). The van der Waals surface area contributed by atoms with Gasteiger partial charge < -0.3 is 15.0 Å². The lowest BCUT2D eigenvalue weighted by atomic mass is 10.3. The molecule has 1 aromatic heterocycles. The number of carbonyl (C=O) groups excluding carboxylic acids is 1. The average Bonchev–Trinajstić information content (AvgIpc) is 3.02. The highest BCUT2D eigenvalue weighted by atomic mass is 35.5. The number of hydrogen-bond acceptors (Lipinski definition) is 6. The number of halogens is 1. The van der Waals surface area contributed by atoms with E-state index in [9.17, 15) is 13.2 Å². The summed E-state index contributed by atoms with van der Waals surface area (Å²) in [5.74, 6) is 0.461. The van der Waals surface area contributed by atoms with Crippen molar-refractivity contribution in [1.29, 1.82) is 0 Å². The van der Waals surface area contributed by atoms with Gasteiger partial charge >= 0.3 is 0 Å². The van der Waals surface area contributed by atoms with Crippen LogP contribution in [-0.4, -0.2) is 43.4 Å². The van der Waals surface area contributed by atoms with E-state index >= 15 is 0 Å². The Morgan fingerprint density at radius 1 is 1.30 bits per heavy atom. The fourth-order valence-corrected chi connectivity index (χ4v) is 3.81. The van der Waals surface area contributed by atoms with Crippen LogP contribution < -0.4 is 10.1 Å². The molecule has 3 rings (SSSR count). The number of sulfone groups is 1. The van der Waals surface area contributed by atoms with Crippen molar-refractivity contribution in [3.8, 4) is 5.75 Å². The Hall–Kier alpha value is -2.23. The third-order valence-corrected chi connectivity index (χ3v) is 5.96. The first-order valence-corrected chi connectivity index (χ1v) is 11.0. The number of hydrogen-bond donors (Lipinski definition) is 2. The Morgan fingerprint density at radius 2 is 2.07 bits per heavy atom. The summed E-state index contributed by atoms with van der Waals surface area (Å²) in [6.07, 6.45) is 1.09. The number of ether oxygens (including phenoxy) is 1. The van der Waals surface area contributed by atoms with Crippen LogP contribution in [-0.2, 0) is 14.6 Å². The van der Waals surface area contributed by atoms with E-state index in [1.165, 1.54) is 30.0 Å². The smallest absolute Gasteiger partial charge is 0.234 e. The second-order valence-electron chi connectivity index (χ2n) is 5.68. The molecule has 0 radical (unpaired) electrons. The van der Waals surface area contributed by atoms with Crippen molar-refractivity contribution in [3.63, 3.8) is 0 Å². The van der Waals surface area contributed by atoms with Crippen LogP contribution in [0.4, 0.5) is 5.69 Å². The minimum absolute atomic E-state index is 0.0798. The van der Waals surface area contributed by atoms with Gasteiger partial charge in [0, 0.05) is 12.3 Å². The predicted molar refractivity (Wildman–Crippen MR) is 107 cm³/mol. The largest absolute Gasteiger partial charge is 0.497 e. The van der Waals surface area contributed by atoms with Crippen molar-refractivity contribution in [2.75, 3.05) is 24.4 Å². The van der Waals surface area contributed by atoms with Crippen LogP contribution in [0.15, 0.2) is 46.5 Å². The molecule has 10 heteroatoms. The third-order valence-electron chi connectivity index (χ3n) is 3.65. The number of aromatic amines is 1. The number of methoxy groups -OCH3 is 1. The molecule has 0 aliphatic heterocycles. The molecule has 2 aromatic carbocycles. The average molecular weight is 426 g/mol. The van der Waals surface area contributed by atoms with Gasteiger partial charge in [-0.2, -0.15) is 0 Å². The first-order valence-electron chi connectivity index (χ1n) is 7.72. The molecule has 0 bridgehead atoms. The van der Waals surface area contributed by atoms with Gasteiger partial charge in [-0.15, -0.1) is 0 Å². The summed E-state index contributed by atoms with van der Waals surface area (Å²) < 4.78 is 28.5. The second kappa shape index (κ2) is 7.79.